The third-order valence-corrected chi connectivity index (χ3v) is 3.25. The van der Waals surface area contributed by atoms with Gasteiger partial charge in [0.05, 0.1) is 5.69 Å². The second-order valence-electron chi connectivity index (χ2n) is 5.00. The molecule has 3 N–H and O–H groups in total. The molecule has 0 aliphatic rings. The summed E-state index contributed by atoms with van der Waals surface area (Å²) in [7, 11) is -3.63. The molecule has 104 valence electrons. The van der Waals surface area contributed by atoms with Gasteiger partial charge in [-0.1, -0.05) is 17.9 Å². The number of hydrogen-bond acceptors (Lipinski definition) is 3. The maximum atomic E-state index is 11.8. The number of benzene rings is 1. The fourth-order valence-electron chi connectivity index (χ4n) is 1.39. The Kier molecular flexibility index (Phi) is 4.95. The SMILES string of the molecule is CC(C)(C)NS(=O)(=O)Nc1cccc(C#CCO)c1. The highest BCUT2D eigenvalue weighted by Crippen LogP contribution is 2.12. The van der Waals surface area contributed by atoms with Crippen LogP contribution in [0.25, 0.3) is 0 Å². The second kappa shape index (κ2) is 6.06. The molecular weight excluding hydrogens is 264 g/mol. The Labute approximate surface area is 114 Å². The lowest BCUT2D eigenvalue weighted by molar-refractivity contribution is 0.350. The molecule has 0 aliphatic heterocycles. The molecule has 0 fully saturated rings. The van der Waals surface area contributed by atoms with Crippen molar-refractivity contribution in [3.63, 3.8) is 0 Å². The smallest absolute Gasteiger partial charge is 0.299 e. The molecule has 1 rings (SSSR count). The van der Waals surface area contributed by atoms with Crippen molar-refractivity contribution in [2.24, 2.45) is 0 Å². The van der Waals surface area contributed by atoms with Crippen LogP contribution in [0, 0.1) is 11.8 Å². The van der Waals surface area contributed by atoms with E-state index in [1.807, 2.05) is 0 Å². The quantitative estimate of drug-likeness (QED) is 0.726. The number of hydrogen-bond donors (Lipinski definition) is 3. The van der Waals surface area contributed by atoms with Gasteiger partial charge in [-0.25, -0.2) is 0 Å². The zero-order chi connectivity index (χ0) is 14.5. The third-order valence-electron chi connectivity index (χ3n) is 1.87. The van der Waals surface area contributed by atoms with Crippen molar-refractivity contribution in [1.82, 2.24) is 4.72 Å². The summed E-state index contributed by atoms with van der Waals surface area (Å²) in [5.74, 6) is 5.22. The van der Waals surface area contributed by atoms with E-state index in [2.05, 4.69) is 21.3 Å². The molecule has 0 atom stereocenters. The van der Waals surface area contributed by atoms with Crippen molar-refractivity contribution in [3.05, 3.63) is 29.8 Å². The van der Waals surface area contributed by atoms with Crippen LogP contribution in [0.15, 0.2) is 24.3 Å². The molecule has 0 saturated heterocycles. The fourth-order valence-corrected chi connectivity index (χ4v) is 2.68. The Bertz CT molecular complexity index is 592. The van der Waals surface area contributed by atoms with E-state index >= 15 is 0 Å². The summed E-state index contributed by atoms with van der Waals surface area (Å²) < 4.78 is 28.6. The maximum absolute atomic E-state index is 11.8. The molecule has 0 amide bonds. The summed E-state index contributed by atoms with van der Waals surface area (Å²) in [6.07, 6.45) is 0. The lowest BCUT2D eigenvalue weighted by Gasteiger charge is -2.20. The largest absolute Gasteiger partial charge is 0.384 e. The maximum Gasteiger partial charge on any atom is 0.299 e. The van der Waals surface area contributed by atoms with Crippen molar-refractivity contribution in [2.75, 3.05) is 11.3 Å². The first-order valence-corrected chi connectivity index (χ1v) is 7.22. The van der Waals surface area contributed by atoms with Gasteiger partial charge in [0.2, 0.25) is 0 Å². The monoisotopic (exact) mass is 282 g/mol. The lowest BCUT2D eigenvalue weighted by atomic mass is 10.1. The zero-order valence-electron chi connectivity index (χ0n) is 11.2. The highest BCUT2D eigenvalue weighted by Gasteiger charge is 2.19. The summed E-state index contributed by atoms with van der Waals surface area (Å²) in [4.78, 5) is 0. The first-order valence-electron chi connectivity index (χ1n) is 5.73. The summed E-state index contributed by atoms with van der Waals surface area (Å²) in [6.45, 7) is 5.04. The van der Waals surface area contributed by atoms with Crippen molar-refractivity contribution in [3.8, 4) is 11.8 Å². The van der Waals surface area contributed by atoms with E-state index in [1.165, 1.54) is 0 Å². The summed E-state index contributed by atoms with van der Waals surface area (Å²) in [6, 6.07) is 6.66. The Morgan fingerprint density at radius 2 is 2.00 bits per heavy atom. The van der Waals surface area contributed by atoms with Crippen LogP contribution in [0.3, 0.4) is 0 Å². The number of nitrogens with one attached hydrogen (secondary N) is 2. The summed E-state index contributed by atoms with van der Waals surface area (Å²) in [5, 5.41) is 8.62. The van der Waals surface area contributed by atoms with Gasteiger partial charge in [-0.05, 0) is 39.0 Å². The zero-order valence-corrected chi connectivity index (χ0v) is 12.0. The van der Waals surface area contributed by atoms with Gasteiger partial charge in [0, 0.05) is 11.1 Å². The molecule has 1 aromatic carbocycles. The van der Waals surface area contributed by atoms with Crippen LogP contribution in [-0.4, -0.2) is 25.7 Å². The normalized spacial score (nSPS) is 11.6. The topological polar surface area (TPSA) is 78.4 Å². The molecule has 0 saturated carbocycles. The van der Waals surface area contributed by atoms with E-state index in [0.29, 0.717) is 11.3 Å². The molecule has 0 unspecified atom stereocenters. The van der Waals surface area contributed by atoms with Crippen LogP contribution >= 0.6 is 0 Å². The minimum atomic E-state index is -3.63. The van der Waals surface area contributed by atoms with Gasteiger partial charge in [-0.3, -0.25) is 4.72 Å². The van der Waals surface area contributed by atoms with Crippen molar-refractivity contribution < 1.29 is 13.5 Å². The van der Waals surface area contributed by atoms with Crippen LogP contribution in [0.2, 0.25) is 0 Å². The predicted octanol–water partition coefficient (Wildman–Crippen LogP) is 1.08. The van der Waals surface area contributed by atoms with Gasteiger partial charge in [0.15, 0.2) is 0 Å². The lowest BCUT2D eigenvalue weighted by Crippen LogP contribution is -2.43. The van der Waals surface area contributed by atoms with E-state index in [4.69, 9.17) is 5.11 Å². The molecule has 19 heavy (non-hydrogen) atoms. The number of anilines is 1. The molecule has 0 bridgehead atoms. The average Bonchev–Trinajstić information content (AvgIpc) is 2.22. The average molecular weight is 282 g/mol. The van der Waals surface area contributed by atoms with Crippen LogP contribution < -0.4 is 9.44 Å². The first kappa shape index (κ1) is 15.5. The fraction of sp³-hybridized carbons (Fsp3) is 0.385. The van der Waals surface area contributed by atoms with Gasteiger partial charge >= 0.3 is 0 Å². The molecule has 0 aromatic heterocycles. The van der Waals surface area contributed by atoms with Crippen LogP contribution in [0.4, 0.5) is 5.69 Å². The summed E-state index contributed by atoms with van der Waals surface area (Å²) >= 11 is 0. The van der Waals surface area contributed by atoms with E-state index in [-0.39, 0.29) is 6.61 Å². The molecule has 5 nitrogen and oxygen atoms in total. The Balaban J connectivity index is 2.88. The molecule has 0 aliphatic carbocycles. The van der Waals surface area contributed by atoms with Gasteiger partial charge < -0.3 is 5.11 Å². The third kappa shape index (κ3) is 6.25. The summed E-state index contributed by atoms with van der Waals surface area (Å²) in [5.41, 5.74) is 0.492. The van der Waals surface area contributed by atoms with Crippen LogP contribution in [0.5, 0.6) is 0 Å². The Morgan fingerprint density at radius 3 is 2.58 bits per heavy atom. The predicted molar refractivity (Wildman–Crippen MR) is 75.8 cm³/mol. The van der Waals surface area contributed by atoms with Crippen molar-refractivity contribution >= 4 is 15.9 Å². The van der Waals surface area contributed by atoms with Crippen LogP contribution in [0.1, 0.15) is 26.3 Å². The number of rotatable bonds is 3. The molecule has 1 aromatic rings. The standard InChI is InChI=1S/C13H18N2O3S/c1-13(2,3)15-19(17,18)14-12-8-4-6-11(10-12)7-5-9-16/h4,6,8,10,14-16H,9H2,1-3H3. The van der Waals surface area contributed by atoms with Crippen LogP contribution in [-0.2, 0) is 10.2 Å². The molecule has 0 heterocycles. The Morgan fingerprint density at radius 1 is 1.32 bits per heavy atom. The van der Waals surface area contributed by atoms with E-state index in [9.17, 15) is 8.42 Å². The molecule has 0 spiro atoms. The van der Waals surface area contributed by atoms with Gasteiger partial charge in [-0.2, -0.15) is 13.1 Å². The number of aliphatic hydroxyl groups is 1. The molecule has 0 radical (unpaired) electrons. The first-order chi connectivity index (χ1) is 8.72. The van der Waals surface area contributed by atoms with E-state index in [0.717, 1.165) is 0 Å². The van der Waals surface area contributed by atoms with Gasteiger partial charge in [-0.15, -0.1) is 0 Å². The minimum absolute atomic E-state index is 0.235. The van der Waals surface area contributed by atoms with E-state index < -0.39 is 15.7 Å². The van der Waals surface area contributed by atoms with E-state index in [1.54, 1.807) is 45.0 Å². The minimum Gasteiger partial charge on any atom is -0.384 e. The highest BCUT2D eigenvalue weighted by atomic mass is 32.2. The number of aliphatic hydroxyl groups excluding tert-OH is 1. The van der Waals surface area contributed by atoms with Crippen molar-refractivity contribution in [1.29, 1.82) is 0 Å². The second-order valence-corrected chi connectivity index (χ2v) is 6.41. The van der Waals surface area contributed by atoms with Gasteiger partial charge in [0.25, 0.3) is 10.2 Å². The molecule has 6 heteroatoms. The Hall–Kier alpha value is -1.55. The van der Waals surface area contributed by atoms with Crippen molar-refractivity contribution in [2.45, 2.75) is 26.3 Å². The highest BCUT2D eigenvalue weighted by molar-refractivity contribution is 7.90. The van der Waals surface area contributed by atoms with Gasteiger partial charge in [0.1, 0.15) is 6.61 Å². The molecular formula is C13H18N2O3S.